The molecule has 2 aromatic carbocycles. The van der Waals surface area contributed by atoms with Gasteiger partial charge in [-0.2, -0.15) is 0 Å². The molecular formula is C21H24Cl2N2O2. The largest absolute Gasteiger partial charge is 0.355 e. The van der Waals surface area contributed by atoms with Gasteiger partial charge in [-0.05, 0) is 49.6 Å². The van der Waals surface area contributed by atoms with Crippen LogP contribution in [0.5, 0.6) is 0 Å². The lowest BCUT2D eigenvalue weighted by atomic mass is 10.1. The van der Waals surface area contributed by atoms with Crippen molar-refractivity contribution in [3.63, 3.8) is 0 Å². The van der Waals surface area contributed by atoms with Crippen LogP contribution in [0.1, 0.15) is 31.4 Å². The van der Waals surface area contributed by atoms with E-state index in [1.165, 1.54) is 0 Å². The average Bonchev–Trinajstić information content (AvgIpc) is 2.66. The van der Waals surface area contributed by atoms with Crippen molar-refractivity contribution < 1.29 is 9.59 Å². The topological polar surface area (TPSA) is 49.4 Å². The van der Waals surface area contributed by atoms with Crippen molar-refractivity contribution in [2.45, 2.75) is 39.3 Å². The maximum Gasteiger partial charge on any atom is 0.242 e. The van der Waals surface area contributed by atoms with Crippen LogP contribution in [0.3, 0.4) is 0 Å². The first kappa shape index (κ1) is 21.3. The summed E-state index contributed by atoms with van der Waals surface area (Å²) in [6.45, 7) is 4.46. The lowest BCUT2D eigenvalue weighted by Gasteiger charge is -2.29. The van der Waals surface area contributed by atoms with E-state index in [2.05, 4.69) is 5.32 Å². The Balaban J connectivity index is 2.14. The van der Waals surface area contributed by atoms with Crippen molar-refractivity contribution in [1.29, 1.82) is 0 Å². The first-order valence-electron chi connectivity index (χ1n) is 8.97. The second-order valence-electron chi connectivity index (χ2n) is 6.31. The van der Waals surface area contributed by atoms with Crippen molar-refractivity contribution in [3.05, 3.63) is 69.7 Å². The van der Waals surface area contributed by atoms with Gasteiger partial charge >= 0.3 is 0 Å². The minimum absolute atomic E-state index is 0.0939. The Bertz CT molecular complexity index is 778. The van der Waals surface area contributed by atoms with E-state index >= 15 is 0 Å². The fourth-order valence-electron chi connectivity index (χ4n) is 2.78. The summed E-state index contributed by atoms with van der Waals surface area (Å²) in [5.74, 6) is -0.263. The molecule has 0 unspecified atom stereocenters. The predicted octanol–water partition coefficient (Wildman–Crippen LogP) is 4.48. The Kier molecular flexibility index (Phi) is 8.14. The standard InChI is InChI=1S/C21H24Cl2N2O2/c1-3-24-21(27)15(2)25(14-16-8-11-18(22)12-9-16)20(26)13-10-17-6-4-5-7-19(17)23/h4-9,11-12,15H,3,10,13-14H2,1-2H3,(H,24,27)/t15-/m1/s1. The van der Waals surface area contributed by atoms with Gasteiger partial charge in [0.05, 0.1) is 0 Å². The number of likely N-dealkylation sites (N-methyl/N-ethyl adjacent to an activating group) is 1. The van der Waals surface area contributed by atoms with Crippen molar-refractivity contribution in [2.24, 2.45) is 0 Å². The number of halogens is 2. The minimum Gasteiger partial charge on any atom is -0.355 e. The molecule has 2 rings (SSSR count). The molecule has 0 aliphatic heterocycles. The minimum atomic E-state index is -0.570. The Hall–Kier alpha value is -2.04. The zero-order valence-electron chi connectivity index (χ0n) is 15.5. The van der Waals surface area contributed by atoms with Gasteiger partial charge in [-0.15, -0.1) is 0 Å². The Morgan fingerprint density at radius 2 is 1.74 bits per heavy atom. The van der Waals surface area contributed by atoms with E-state index in [0.717, 1.165) is 11.1 Å². The monoisotopic (exact) mass is 406 g/mol. The van der Waals surface area contributed by atoms with Crippen LogP contribution in [0.25, 0.3) is 0 Å². The number of amides is 2. The maximum atomic E-state index is 12.9. The molecule has 144 valence electrons. The van der Waals surface area contributed by atoms with E-state index < -0.39 is 6.04 Å². The molecule has 0 aliphatic carbocycles. The molecule has 1 atom stereocenters. The zero-order chi connectivity index (χ0) is 19.8. The summed E-state index contributed by atoms with van der Waals surface area (Å²) < 4.78 is 0. The summed E-state index contributed by atoms with van der Waals surface area (Å²) >= 11 is 12.1. The third kappa shape index (κ3) is 6.26. The van der Waals surface area contributed by atoms with E-state index in [1.807, 2.05) is 43.3 Å². The lowest BCUT2D eigenvalue weighted by molar-refractivity contribution is -0.140. The summed E-state index contributed by atoms with van der Waals surface area (Å²) in [6, 6.07) is 14.2. The molecule has 4 nitrogen and oxygen atoms in total. The van der Waals surface area contributed by atoms with Crippen molar-refractivity contribution in [1.82, 2.24) is 10.2 Å². The molecule has 0 heterocycles. The van der Waals surface area contributed by atoms with Crippen LogP contribution in [0.15, 0.2) is 48.5 Å². The van der Waals surface area contributed by atoms with E-state index in [-0.39, 0.29) is 18.2 Å². The van der Waals surface area contributed by atoms with Crippen molar-refractivity contribution >= 4 is 35.0 Å². The van der Waals surface area contributed by atoms with Gasteiger partial charge in [0.15, 0.2) is 0 Å². The number of rotatable bonds is 8. The van der Waals surface area contributed by atoms with Crippen LogP contribution >= 0.6 is 23.2 Å². The molecule has 2 aromatic rings. The quantitative estimate of drug-likeness (QED) is 0.702. The Morgan fingerprint density at radius 1 is 1.07 bits per heavy atom. The molecule has 2 amide bonds. The van der Waals surface area contributed by atoms with Crippen LogP contribution in [-0.2, 0) is 22.6 Å². The molecule has 0 fully saturated rings. The van der Waals surface area contributed by atoms with E-state index in [0.29, 0.717) is 29.6 Å². The zero-order valence-corrected chi connectivity index (χ0v) is 17.1. The highest BCUT2D eigenvalue weighted by atomic mass is 35.5. The number of hydrogen-bond donors (Lipinski definition) is 1. The predicted molar refractivity (Wildman–Crippen MR) is 110 cm³/mol. The summed E-state index contributed by atoms with van der Waals surface area (Å²) in [7, 11) is 0. The van der Waals surface area contributed by atoms with E-state index in [1.54, 1.807) is 24.0 Å². The highest BCUT2D eigenvalue weighted by Gasteiger charge is 2.25. The third-order valence-corrected chi connectivity index (χ3v) is 4.97. The molecule has 0 radical (unpaired) electrons. The normalized spacial score (nSPS) is 11.7. The fraction of sp³-hybridized carbons (Fsp3) is 0.333. The van der Waals surface area contributed by atoms with Gasteiger partial charge < -0.3 is 10.2 Å². The van der Waals surface area contributed by atoms with Gasteiger partial charge in [-0.3, -0.25) is 9.59 Å². The number of carbonyl (C=O) groups excluding carboxylic acids is 2. The average molecular weight is 407 g/mol. The SMILES string of the molecule is CCNC(=O)[C@@H](C)N(Cc1ccc(Cl)cc1)C(=O)CCc1ccccc1Cl. The maximum absolute atomic E-state index is 12.9. The van der Waals surface area contributed by atoms with Gasteiger partial charge in [-0.25, -0.2) is 0 Å². The molecule has 6 heteroatoms. The molecule has 27 heavy (non-hydrogen) atoms. The summed E-state index contributed by atoms with van der Waals surface area (Å²) in [5.41, 5.74) is 1.84. The number of aryl methyl sites for hydroxylation is 1. The Labute approximate surface area is 170 Å². The van der Waals surface area contributed by atoms with Gasteiger partial charge in [0.2, 0.25) is 11.8 Å². The van der Waals surface area contributed by atoms with Gasteiger partial charge in [0.25, 0.3) is 0 Å². The van der Waals surface area contributed by atoms with E-state index in [4.69, 9.17) is 23.2 Å². The third-order valence-electron chi connectivity index (χ3n) is 4.35. The van der Waals surface area contributed by atoms with Gasteiger partial charge in [0.1, 0.15) is 6.04 Å². The second kappa shape index (κ2) is 10.3. The molecule has 0 saturated heterocycles. The lowest BCUT2D eigenvalue weighted by Crippen LogP contribution is -2.47. The smallest absolute Gasteiger partial charge is 0.242 e. The molecule has 0 aromatic heterocycles. The highest BCUT2D eigenvalue weighted by Crippen LogP contribution is 2.19. The first-order chi connectivity index (χ1) is 12.9. The summed E-state index contributed by atoms with van der Waals surface area (Å²) in [5, 5.41) is 4.06. The molecule has 0 spiro atoms. The van der Waals surface area contributed by atoms with Gasteiger partial charge in [0, 0.05) is 29.6 Å². The van der Waals surface area contributed by atoms with Crippen LogP contribution in [-0.4, -0.2) is 29.3 Å². The summed E-state index contributed by atoms with van der Waals surface area (Å²) in [4.78, 5) is 26.8. The number of nitrogens with zero attached hydrogens (tertiary/aromatic N) is 1. The molecule has 0 aliphatic rings. The number of hydrogen-bond acceptors (Lipinski definition) is 2. The van der Waals surface area contributed by atoms with Crippen molar-refractivity contribution in [3.8, 4) is 0 Å². The fourth-order valence-corrected chi connectivity index (χ4v) is 3.13. The molecule has 0 saturated carbocycles. The second-order valence-corrected chi connectivity index (χ2v) is 7.15. The van der Waals surface area contributed by atoms with Crippen LogP contribution in [0.2, 0.25) is 10.0 Å². The molecule has 1 N–H and O–H groups in total. The Morgan fingerprint density at radius 3 is 2.37 bits per heavy atom. The van der Waals surface area contributed by atoms with Crippen LogP contribution < -0.4 is 5.32 Å². The number of nitrogens with one attached hydrogen (secondary N) is 1. The summed E-state index contributed by atoms with van der Waals surface area (Å²) in [6.07, 6.45) is 0.804. The molecule has 0 bridgehead atoms. The van der Waals surface area contributed by atoms with Crippen molar-refractivity contribution in [2.75, 3.05) is 6.54 Å². The van der Waals surface area contributed by atoms with Crippen LogP contribution in [0, 0.1) is 0 Å². The van der Waals surface area contributed by atoms with Crippen LogP contribution in [0.4, 0.5) is 0 Å². The van der Waals surface area contributed by atoms with Gasteiger partial charge in [-0.1, -0.05) is 53.5 Å². The first-order valence-corrected chi connectivity index (χ1v) is 9.73. The number of carbonyl (C=O) groups is 2. The van der Waals surface area contributed by atoms with E-state index in [9.17, 15) is 9.59 Å². The highest BCUT2D eigenvalue weighted by molar-refractivity contribution is 6.31. The molecular weight excluding hydrogens is 383 g/mol. The number of benzene rings is 2.